The van der Waals surface area contributed by atoms with Gasteiger partial charge in [-0.3, -0.25) is 0 Å². The van der Waals surface area contributed by atoms with Crippen molar-refractivity contribution in [1.29, 1.82) is 0 Å². The number of rotatable bonds is 17. The zero-order valence-electron chi connectivity index (χ0n) is 76.0. The van der Waals surface area contributed by atoms with Crippen molar-refractivity contribution in [3.05, 3.63) is 308 Å². The van der Waals surface area contributed by atoms with E-state index in [9.17, 15) is 0 Å². The fourth-order valence-electron chi connectivity index (χ4n) is 8.83. The van der Waals surface area contributed by atoms with Gasteiger partial charge in [-0.25, -0.2) is 0 Å². The van der Waals surface area contributed by atoms with E-state index in [1.165, 1.54) is 54.9 Å². The van der Waals surface area contributed by atoms with Crippen LogP contribution in [0.25, 0.3) is 41.5 Å². The number of hydrogen-bond acceptors (Lipinski definition) is 6. The van der Waals surface area contributed by atoms with E-state index in [4.69, 9.17) is 19.9 Å². The van der Waals surface area contributed by atoms with Gasteiger partial charge in [-0.1, -0.05) is 367 Å². The zero-order valence-corrected chi connectivity index (χ0v) is 80.0. The molecule has 18 heteroatoms. The largest absolute Gasteiger partial charge is 1.00 e. The predicted molar refractivity (Wildman–Crippen MR) is 492 cm³/mol. The van der Waals surface area contributed by atoms with Crippen molar-refractivity contribution >= 4 is 77.2 Å². The normalized spacial score (nSPS) is 10.3. The third-order valence-electron chi connectivity index (χ3n) is 14.2. The summed E-state index contributed by atoms with van der Waals surface area (Å²) in [7, 11) is 19.0. The van der Waals surface area contributed by atoms with Crippen LogP contribution in [0.2, 0.25) is 78.6 Å². The minimum atomic E-state index is -1.50. The van der Waals surface area contributed by atoms with Crippen LogP contribution in [0.4, 0.5) is 22.7 Å². The summed E-state index contributed by atoms with van der Waals surface area (Å²) in [5.41, 5.74) is 12.4. The molecule has 0 saturated carbocycles. The summed E-state index contributed by atoms with van der Waals surface area (Å²) in [5, 5.41) is 4.92. The summed E-state index contributed by atoms with van der Waals surface area (Å²) < 4.78 is 0. The molecule has 0 amide bonds. The smallest absolute Gasteiger partial charge is 0.687 e. The van der Waals surface area contributed by atoms with E-state index >= 15 is 0 Å². The Morgan fingerprint density at radius 1 is 0.191 bits per heavy atom. The number of hydrogen-bond donors (Lipinski definition) is 0. The average Bonchev–Trinajstić information content (AvgIpc) is 0.799. The molecule has 0 aliphatic heterocycles. The Bertz CT molecular complexity index is 3180. The first kappa shape index (κ1) is 114. The second-order valence-electron chi connectivity index (χ2n) is 32.2. The summed E-state index contributed by atoms with van der Waals surface area (Å²) in [4.78, 5) is 33.1. The minimum absolute atomic E-state index is 0. The number of benzene rings is 10. The first-order valence-corrected chi connectivity index (χ1v) is 51.3. The van der Waals surface area contributed by atoms with Crippen LogP contribution in [0.5, 0.6) is 0 Å². The Morgan fingerprint density at radius 3 is 0.409 bits per heavy atom. The van der Waals surface area contributed by atoms with Crippen LogP contribution < -0.4 is 75.4 Å². The predicted octanol–water partition coefficient (Wildman–Crippen LogP) is 13.4. The molecule has 582 valence electrons. The van der Waals surface area contributed by atoms with Crippen LogP contribution in [-0.4, -0.2) is 186 Å². The summed E-state index contributed by atoms with van der Waals surface area (Å²) >= 11 is 0. The minimum Gasteiger partial charge on any atom is -0.687 e. The number of fused-ring (bicyclic) bond motifs is 2. The van der Waals surface area contributed by atoms with Crippen LogP contribution in [0.3, 0.4) is 0 Å². The summed E-state index contributed by atoms with van der Waals surface area (Å²) in [6, 6.07) is 87.1. The van der Waals surface area contributed by atoms with Gasteiger partial charge in [0.2, 0.25) is 0 Å². The molecule has 0 saturated heterocycles. The van der Waals surface area contributed by atoms with Gasteiger partial charge in [0, 0.05) is 39.3 Å². The molecular weight excluding hydrogens is 1390 g/mol. The maximum Gasteiger partial charge on any atom is 1.00 e. The number of likely N-dealkylation sites (N-methyl/N-ethyl adjacent to an activating group) is 6. The van der Waals surface area contributed by atoms with Crippen molar-refractivity contribution in [1.82, 2.24) is 29.4 Å². The molecule has 0 spiro atoms. The zero-order chi connectivity index (χ0) is 80.3. The molecule has 0 atom stereocenters. The Balaban J connectivity index is -0.000000378. The van der Waals surface area contributed by atoms with Crippen LogP contribution in [0.15, 0.2) is 255 Å². The van der Waals surface area contributed by atoms with Gasteiger partial charge in [0.25, 0.3) is 0 Å². The van der Waals surface area contributed by atoms with Crippen molar-refractivity contribution in [2.24, 2.45) is 0 Å². The van der Waals surface area contributed by atoms with Gasteiger partial charge in [-0.15, -0.1) is 22.7 Å². The second kappa shape index (κ2) is 64.2. The third kappa shape index (κ3) is 67.4. The second-order valence-corrected chi connectivity index (χ2v) is 50.4. The summed E-state index contributed by atoms with van der Waals surface area (Å²) in [5.74, 6) is 0. The molecular formula is C92H144Li4N10Si4. The number of nitrogens with zero attached hydrogens (tertiary/aromatic N) is 10. The van der Waals surface area contributed by atoms with E-state index in [0.29, 0.717) is 0 Å². The maximum absolute atomic E-state index is 5.00. The molecule has 10 rings (SSSR count). The van der Waals surface area contributed by atoms with Crippen LogP contribution in [0.1, 0.15) is 33.4 Å². The third-order valence-corrected chi connectivity index (χ3v) is 17.8. The van der Waals surface area contributed by atoms with Gasteiger partial charge in [0.15, 0.2) is 0 Å². The van der Waals surface area contributed by atoms with Gasteiger partial charge in [-0.05, 0) is 181 Å². The van der Waals surface area contributed by atoms with Crippen molar-refractivity contribution in [2.45, 2.75) is 120 Å². The van der Waals surface area contributed by atoms with Crippen LogP contribution >= 0.6 is 0 Å². The van der Waals surface area contributed by atoms with Crippen molar-refractivity contribution in [3.63, 3.8) is 0 Å². The van der Waals surface area contributed by atoms with E-state index < -0.39 is 32.9 Å². The summed E-state index contributed by atoms with van der Waals surface area (Å²) in [6.07, 6.45) is 0. The SMILES string of the molecule is CN(C)CCN(C)C.CN(C)CCN(C)C.CN(C)CCN(C)C.C[Si](C)(C)[N-]c1cccc2cccc([N-][Si](C)(C)C)c12.C[Si](C)(C)[N-]c1cccc2cccc([N-][Si](C)(C)C)c12.Cc1ccccc1.Cc1ccccc1.Cc1ccccc1.Cc1ccccc1.Cc1ccccc1.Cc1ccccc1.[Li+].[Li+].[Li+].[Li+]. The Kier molecular flexibility index (Phi) is 66.3. The average molecular weight is 1530 g/mol. The Labute approximate surface area is 727 Å². The molecule has 0 N–H and O–H groups in total. The van der Waals surface area contributed by atoms with E-state index in [1.807, 2.05) is 109 Å². The molecule has 0 bridgehead atoms. The Hall–Kier alpha value is -5.06. The van der Waals surface area contributed by atoms with Crippen molar-refractivity contribution in [3.8, 4) is 0 Å². The molecule has 0 radical (unpaired) electrons. The molecule has 10 nitrogen and oxygen atoms in total. The van der Waals surface area contributed by atoms with Gasteiger partial charge in [-0.2, -0.15) is 0 Å². The molecule has 0 aliphatic carbocycles. The first-order chi connectivity index (χ1) is 49.6. The van der Waals surface area contributed by atoms with Gasteiger partial charge in [0.1, 0.15) is 0 Å². The molecule has 10 aromatic carbocycles. The van der Waals surface area contributed by atoms with Crippen molar-refractivity contribution < 1.29 is 75.4 Å². The van der Waals surface area contributed by atoms with Crippen LogP contribution in [-0.2, 0) is 0 Å². The van der Waals surface area contributed by atoms with E-state index in [0.717, 1.165) is 62.0 Å². The van der Waals surface area contributed by atoms with Gasteiger partial charge < -0.3 is 49.3 Å². The van der Waals surface area contributed by atoms with Gasteiger partial charge in [0.05, 0.1) is 0 Å². The molecule has 0 unspecified atom stereocenters. The van der Waals surface area contributed by atoms with Crippen LogP contribution in [0, 0.1) is 41.5 Å². The fraction of sp³-hybridized carbons (Fsp3) is 0.391. The van der Waals surface area contributed by atoms with E-state index in [2.05, 4.69) is 380 Å². The van der Waals surface area contributed by atoms with E-state index in [1.54, 1.807) is 0 Å². The quantitative estimate of drug-likeness (QED) is 0.0846. The molecule has 0 heterocycles. The molecule has 10 aromatic rings. The molecule has 0 aliphatic rings. The molecule has 110 heavy (non-hydrogen) atoms. The Morgan fingerprint density at radius 2 is 0.318 bits per heavy atom. The topological polar surface area (TPSA) is 75.8 Å². The molecule has 0 aromatic heterocycles. The maximum atomic E-state index is 5.00. The first-order valence-electron chi connectivity index (χ1n) is 37.5. The standard InChI is InChI=1S/2C16H24N2Si2.6C7H8.3C6H16N2.4Li/c2*1-19(2,3)17-14-11-7-9-13-10-8-12-15(16(13)14)18-20(4,5)6;6*1-7-5-3-2-4-6-7;3*1-7(2)5-6-8(3)4;;;;/h2*7-12H,1-6H3;6*2-6H,1H3;3*5-6H2,1-4H3;;;;/q2*-2;;;;;;;;;;4*+1. The monoisotopic (exact) mass is 1530 g/mol. The summed E-state index contributed by atoms with van der Waals surface area (Å²) in [6.45, 7) is 46.6. The van der Waals surface area contributed by atoms with Gasteiger partial charge >= 0.3 is 75.4 Å². The van der Waals surface area contributed by atoms with E-state index in [-0.39, 0.29) is 75.4 Å². The number of aryl methyl sites for hydroxylation is 6. The fourth-order valence-corrected chi connectivity index (χ4v) is 12.5. The van der Waals surface area contributed by atoms with Crippen molar-refractivity contribution in [2.75, 3.05) is 124 Å². The molecule has 0 fully saturated rings.